The molecule has 1 heterocycles. The summed E-state index contributed by atoms with van der Waals surface area (Å²) in [6, 6.07) is 16.7. The Hall–Kier alpha value is -3.61. The highest BCUT2D eigenvalue weighted by atomic mass is 16.5. The molecule has 0 spiro atoms. The Morgan fingerprint density at radius 3 is 2.48 bits per heavy atom. The maximum atomic E-state index is 12.7. The number of nitrogens with one attached hydrogen (secondary N) is 2. The second-order valence-corrected chi connectivity index (χ2v) is 7.13. The Morgan fingerprint density at radius 1 is 1.10 bits per heavy atom. The molecule has 0 fully saturated rings. The Bertz CT molecular complexity index is 1060. The number of para-hydroxylation sites is 2. The average molecular weight is 420 g/mol. The number of aliphatic imine (C=N–C) groups is 1. The molecule has 2 aromatic carbocycles. The summed E-state index contributed by atoms with van der Waals surface area (Å²) in [4.78, 5) is 17.4. The number of ether oxygens (including phenoxy) is 1. The van der Waals surface area contributed by atoms with E-state index >= 15 is 0 Å². The van der Waals surface area contributed by atoms with Crippen LogP contribution in [0.25, 0.3) is 0 Å². The molecule has 2 N–H and O–H groups in total. The maximum absolute atomic E-state index is 12.7. The van der Waals surface area contributed by atoms with Crippen molar-refractivity contribution in [2.24, 2.45) is 12.0 Å². The van der Waals surface area contributed by atoms with Crippen molar-refractivity contribution in [1.29, 1.82) is 0 Å². The van der Waals surface area contributed by atoms with Crippen LogP contribution in [0.15, 0.2) is 59.6 Å². The number of anilines is 1. The Morgan fingerprint density at radius 2 is 1.81 bits per heavy atom. The maximum Gasteiger partial charge on any atom is 0.257 e. The van der Waals surface area contributed by atoms with Gasteiger partial charge in [-0.05, 0) is 57.0 Å². The predicted octanol–water partition coefficient (Wildman–Crippen LogP) is 3.88. The molecule has 0 bridgehead atoms. The smallest absolute Gasteiger partial charge is 0.257 e. The zero-order valence-corrected chi connectivity index (χ0v) is 18.5. The fourth-order valence-corrected chi connectivity index (χ4v) is 3.32. The third kappa shape index (κ3) is 5.72. The molecule has 0 unspecified atom stereocenters. The number of carbonyl (C=O) groups excluding carboxylic acids is 1. The van der Waals surface area contributed by atoms with Gasteiger partial charge in [0.05, 0.1) is 18.0 Å². The third-order valence-electron chi connectivity index (χ3n) is 5.00. The molecule has 7 nitrogen and oxygen atoms in total. The van der Waals surface area contributed by atoms with Gasteiger partial charge in [-0.3, -0.25) is 19.8 Å². The molecule has 0 aliphatic carbocycles. The highest BCUT2D eigenvalue weighted by Crippen LogP contribution is 2.23. The first kappa shape index (κ1) is 22.1. The summed E-state index contributed by atoms with van der Waals surface area (Å²) in [6.45, 7) is 7.03. The largest absolute Gasteiger partial charge is 0.492 e. The molecule has 0 aliphatic rings. The first-order valence-electron chi connectivity index (χ1n) is 10.4. The van der Waals surface area contributed by atoms with Crippen LogP contribution in [0, 0.1) is 13.8 Å². The van der Waals surface area contributed by atoms with E-state index in [2.05, 4.69) is 20.7 Å². The lowest BCUT2D eigenvalue weighted by molar-refractivity contribution is 0.0977. The van der Waals surface area contributed by atoms with Crippen LogP contribution < -0.4 is 15.4 Å². The van der Waals surface area contributed by atoms with Crippen molar-refractivity contribution in [1.82, 2.24) is 15.1 Å². The van der Waals surface area contributed by atoms with E-state index in [0.717, 1.165) is 23.5 Å². The van der Waals surface area contributed by atoms with Crippen molar-refractivity contribution < 1.29 is 9.53 Å². The zero-order chi connectivity index (χ0) is 22.2. The van der Waals surface area contributed by atoms with Crippen molar-refractivity contribution in [3.05, 3.63) is 77.1 Å². The number of guanidine groups is 1. The number of amides is 1. The Kier molecular flexibility index (Phi) is 7.43. The topological polar surface area (TPSA) is 80.5 Å². The summed E-state index contributed by atoms with van der Waals surface area (Å²) in [5.74, 6) is 0.847. The monoisotopic (exact) mass is 419 g/mol. The number of aryl methyl sites for hydroxylation is 2. The van der Waals surface area contributed by atoms with Crippen LogP contribution >= 0.6 is 0 Å². The highest BCUT2D eigenvalue weighted by Gasteiger charge is 2.12. The van der Waals surface area contributed by atoms with Gasteiger partial charge < -0.3 is 10.1 Å². The molecular formula is C24H29N5O2. The number of hydrogen-bond acceptors (Lipinski definition) is 4. The first-order valence-corrected chi connectivity index (χ1v) is 10.4. The lowest BCUT2D eigenvalue weighted by Crippen LogP contribution is -2.36. The fourth-order valence-electron chi connectivity index (χ4n) is 3.32. The minimum absolute atomic E-state index is 0.227. The summed E-state index contributed by atoms with van der Waals surface area (Å²) >= 11 is 0. The van der Waals surface area contributed by atoms with Crippen LogP contribution in [0.3, 0.4) is 0 Å². The summed E-state index contributed by atoms with van der Waals surface area (Å²) in [5.41, 5.74) is 4.60. The van der Waals surface area contributed by atoms with Gasteiger partial charge in [0, 0.05) is 24.8 Å². The van der Waals surface area contributed by atoms with Crippen LogP contribution in [0.4, 0.5) is 5.69 Å². The molecule has 1 aromatic heterocycles. The summed E-state index contributed by atoms with van der Waals surface area (Å²) in [5, 5.41) is 10.6. The van der Waals surface area contributed by atoms with Gasteiger partial charge in [0.1, 0.15) is 5.75 Å². The van der Waals surface area contributed by atoms with E-state index in [9.17, 15) is 4.79 Å². The quantitative estimate of drug-likeness (QED) is 0.450. The fraction of sp³-hybridized carbons (Fsp3) is 0.292. The molecule has 0 aliphatic heterocycles. The van der Waals surface area contributed by atoms with Crippen molar-refractivity contribution >= 4 is 17.6 Å². The zero-order valence-electron chi connectivity index (χ0n) is 18.5. The van der Waals surface area contributed by atoms with Crippen LogP contribution in [0.2, 0.25) is 0 Å². The number of hydrogen-bond donors (Lipinski definition) is 2. The summed E-state index contributed by atoms with van der Waals surface area (Å²) < 4.78 is 7.57. The Balaban J connectivity index is 1.81. The Labute approximate surface area is 183 Å². The van der Waals surface area contributed by atoms with Crippen molar-refractivity contribution in [3.8, 4) is 5.75 Å². The normalized spacial score (nSPS) is 11.3. The number of nitrogens with zero attached hydrogens (tertiary/aromatic N) is 3. The van der Waals surface area contributed by atoms with E-state index in [1.807, 2.05) is 75.0 Å². The minimum atomic E-state index is -0.227. The second kappa shape index (κ2) is 10.4. The molecule has 3 rings (SSSR count). The first-order chi connectivity index (χ1) is 15.0. The van der Waals surface area contributed by atoms with Gasteiger partial charge >= 0.3 is 0 Å². The van der Waals surface area contributed by atoms with E-state index in [4.69, 9.17) is 4.74 Å². The van der Waals surface area contributed by atoms with Gasteiger partial charge in [0.15, 0.2) is 0 Å². The third-order valence-corrected chi connectivity index (χ3v) is 5.00. The van der Waals surface area contributed by atoms with E-state index in [-0.39, 0.29) is 5.91 Å². The lowest BCUT2D eigenvalue weighted by Gasteiger charge is -2.15. The summed E-state index contributed by atoms with van der Waals surface area (Å²) in [6.07, 6.45) is 0.727. The van der Waals surface area contributed by atoms with Crippen LogP contribution in [0.1, 0.15) is 34.2 Å². The molecule has 0 saturated heterocycles. The number of rotatable bonds is 7. The van der Waals surface area contributed by atoms with E-state index in [1.54, 1.807) is 12.1 Å². The number of carbonyl (C=O) groups is 1. The van der Waals surface area contributed by atoms with Crippen LogP contribution in [-0.2, 0) is 13.5 Å². The van der Waals surface area contributed by atoms with E-state index in [1.165, 1.54) is 5.56 Å². The van der Waals surface area contributed by atoms with Gasteiger partial charge in [-0.1, -0.05) is 30.3 Å². The second-order valence-electron chi connectivity index (χ2n) is 7.13. The number of aromatic nitrogens is 2. The SMILES string of the molecule is CCOc1ccccc1NC(=NCCc1c(C)nn(C)c1C)NC(=O)c1ccccc1. The van der Waals surface area contributed by atoms with Gasteiger partial charge in [0.2, 0.25) is 5.96 Å². The van der Waals surface area contributed by atoms with Crippen LogP contribution in [-0.4, -0.2) is 34.8 Å². The molecule has 162 valence electrons. The van der Waals surface area contributed by atoms with Crippen molar-refractivity contribution in [2.45, 2.75) is 27.2 Å². The molecule has 1 amide bonds. The highest BCUT2D eigenvalue weighted by molar-refractivity contribution is 6.10. The van der Waals surface area contributed by atoms with Crippen LogP contribution in [0.5, 0.6) is 5.75 Å². The molecule has 3 aromatic rings. The van der Waals surface area contributed by atoms with Gasteiger partial charge in [-0.15, -0.1) is 0 Å². The van der Waals surface area contributed by atoms with Gasteiger partial charge in [-0.2, -0.15) is 5.10 Å². The van der Waals surface area contributed by atoms with E-state index < -0.39 is 0 Å². The van der Waals surface area contributed by atoms with Crippen molar-refractivity contribution in [3.63, 3.8) is 0 Å². The lowest BCUT2D eigenvalue weighted by atomic mass is 10.1. The molecular weight excluding hydrogens is 390 g/mol. The summed E-state index contributed by atoms with van der Waals surface area (Å²) in [7, 11) is 1.94. The van der Waals surface area contributed by atoms with Gasteiger partial charge in [0.25, 0.3) is 5.91 Å². The molecule has 7 heteroatoms. The van der Waals surface area contributed by atoms with Gasteiger partial charge in [-0.25, -0.2) is 0 Å². The molecule has 0 saturated carbocycles. The average Bonchev–Trinajstić information content (AvgIpc) is 3.01. The minimum Gasteiger partial charge on any atom is -0.492 e. The van der Waals surface area contributed by atoms with Crippen molar-refractivity contribution in [2.75, 3.05) is 18.5 Å². The predicted molar refractivity (Wildman–Crippen MR) is 124 cm³/mol. The molecule has 0 atom stereocenters. The number of benzene rings is 2. The standard InChI is InChI=1S/C24H29N5O2/c1-5-31-22-14-10-9-13-21(22)26-24(27-23(30)19-11-7-6-8-12-19)25-16-15-20-17(2)28-29(4)18(20)3/h6-14H,5,15-16H2,1-4H3,(H2,25,26,27,30). The molecule has 31 heavy (non-hydrogen) atoms. The van der Waals surface area contributed by atoms with E-state index in [0.29, 0.717) is 30.4 Å². The molecule has 0 radical (unpaired) electrons.